The van der Waals surface area contributed by atoms with E-state index in [1.807, 2.05) is 46.9 Å². The first-order chi connectivity index (χ1) is 26.4. The third kappa shape index (κ3) is 10.4. The number of hydrogen-bond donors (Lipinski definition) is 0. The fraction of sp³-hybridized carbons (Fsp3) is 0.333. The number of rotatable bonds is 19. The summed E-state index contributed by atoms with van der Waals surface area (Å²) in [5, 5.41) is 2.15. The molecule has 0 spiro atoms. The third-order valence-corrected chi connectivity index (χ3v) is 14.3. The summed E-state index contributed by atoms with van der Waals surface area (Å²) in [6, 6.07) is 34.4. The van der Waals surface area contributed by atoms with E-state index in [1.165, 1.54) is 108 Å². The third-order valence-electron chi connectivity index (χ3n) is 10.3. The van der Waals surface area contributed by atoms with Crippen molar-refractivity contribution in [2.45, 2.75) is 104 Å². The Bertz CT molecular complexity index is 1970. The Labute approximate surface area is 351 Å². The number of thiophene rings is 2. The van der Waals surface area contributed by atoms with Crippen molar-refractivity contribution < 1.29 is 0 Å². The van der Waals surface area contributed by atoms with E-state index < -0.39 is 0 Å². The minimum Gasteiger partial charge on any atom is -0.140 e. The van der Waals surface area contributed by atoms with Crippen molar-refractivity contribution in [1.29, 1.82) is 0 Å². The summed E-state index contributed by atoms with van der Waals surface area (Å²) in [7, 11) is 0. The minimum absolute atomic E-state index is 0.533. The monoisotopic (exact) mass is 830 g/mol. The normalized spacial score (nSPS) is 11.4. The van der Waals surface area contributed by atoms with Gasteiger partial charge in [0.15, 0.2) is 0 Å². The maximum absolute atomic E-state index is 6.98. The van der Waals surface area contributed by atoms with Crippen LogP contribution in [0.2, 0.25) is 20.1 Å². The molecule has 2 heterocycles. The van der Waals surface area contributed by atoms with Gasteiger partial charge in [0, 0.05) is 30.6 Å². The lowest BCUT2D eigenvalue weighted by Crippen LogP contribution is -1.93. The van der Waals surface area contributed by atoms with Crippen LogP contribution in [-0.4, -0.2) is 0 Å². The molecule has 0 aliphatic carbocycles. The average Bonchev–Trinajstić information content (AvgIpc) is 3.87. The lowest BCUT2D eigenvalue weighted by molar-refractivity contribution is 0.609. The maximum atomic E-state index is 6.98. The second-order valence-corrected chi connectivity index (χ2v) is 18.2. The second-order valence-electron chi connectivity index (χ2n) is 14.3. The van der Waals surface area contributed by atoms with Crippen molar-refractivity contribution in [3.05, 3.63) is 127 Å². The molecule has 6 aromatic rings. The Morgan fingerprint density at radius 1 is 0.389 bits per heavy atom. The summed E-state index contributed by atoms with van der Waals surface area (Å²) in [5.74, 6) is 0. The van der Waals surface area contributed by atoms with Gasteiger partial charge in [0.2, 0.25) is 0 Å². The highest BCUT2D eigenvalue weighted by atomic mass is 35.5. The molecule has 6 rings (SSSR count). The van der Waals surface area contributed by atoms with Gasteiger partial charge in [-0.1, -0.05) is 173 Å². The SMILES string of the molecule is CCCCCCCCc1ccc(-c2ccc(-c3cccc(Cl)c3Cl)c(-c3cc(-c4ccc(CCCCCCCC)s4)ccc3-c3cccc(Cl)c3Cl)c2)s1. The fourth-order valence-electron chi connectivity index (χ4n) is 7.23. The van der Waals surface area contributed by atoms with Crippen LogP contribution in [0.5, 0.6) is 0 Å². The van der Waals surface area contributed by atoms with Crippen molar-refractivity contribution in [2.75, 3.05) is 0 Å². The van der Waals surface area contributed by atoms with E-state index in [0.29, 0.717) is 20.1 Å². The molecule has 4 aromatic carbocycles. The molecule has 0 radical (unpaired) electrons. The predicted octanol–water partition coefficient (Wildman–Crippen LogP) is 18.6. The summed E-state index contributed by atoms with van der Waals surface area (Å²) in [6.07, 6.45) is 17.9. The first kappa shape index (κ1) is 41.1. The van der Waals surface area contributed by atoms with Gasteiger partial charge in [0.1, 0.15) is 0 Å². The summed E-state index contributed by atoms with van der Waals surface area (Å²) in [4.78, 5) is 5.40. The fourth-order valence-corrected chi connectivity index (χ4v) is 10.1. The number of aryl methyl sites for hydroxylation is 2. The molecular weight excluding hydrogens is 782 g/mol. The van der Waals surface area contributed by atoms with Gasteiger partial charge >= 0.3 is 0 Å². The highest BCUT2D eigenvalue weighted by Gasteiger charge is 2.20. The Hall–Kier alpha value is -2.56. The molecule has 0 saturated heterocycles. The first-order valence-electron chi connectivity index (χ1n) is 19.7. The van der Waals surface area contributed by atoms with Gasteiger partial charge in [0.25, 0.3) is 0 Å². The summed E-state index contributed by atoms with van der Waals surface area (Å²) >= 11 is 31.1. The van der Waals surface area contributed by atoms with E-state index in [2.05, 4.69) is 86.6 Å². The Morgan fingerprint density at radius 3 is 1.22 bits per heavy atom. The lowest BCUT2D eigenvalue weighted by atomic mass is 9.87. The molecule has 0 atom stereocenters. The first-order valence-corrected chi connectivity index (χ1v) is 22.9. The number of hydrogen-bond acceptors (Lipinski definition) is 2. The maximum Gasteiger partial charge on any atom is 0.0670 e. The van der Waals surface area contributed by atoms with Gasteiger partial charge in [-0.05, 0) is 108 Å². The summed E-state index contributed by atoms with van der Waals surface area (Å²) < 4.78 is 0. The standard InChI is InChI=1S/C48H50Cl4S2/c1-3-5-7-9-11-13-17-35-25-29-45(53-35)33-23-27-37(39-19-15-21-43(49)47(39)51)41(31-33)42-32-34(24-28-38(42)40-20-16-22-44(50)48(40)52)46-30-26-36(54-46)18-14-12-10-8-6-4-2/h15-16,19-32H,3-14,17-18H2,1-2H3. The van der Waals surface area contributed by atoms with E-state index in [4.69, 9.17) is 46.4 Å². The van der Waals surface area contributed by atoms with Gasteiger partial charge in [-0.15, -0.1) is 22.7 Å². The molecule has 0 saturated carbocycles. The van der Waals surface area contributed by atoms with E-state index in [1.54, 1.807) is 0 Å². The van der Waals surface area contributed by atoms with Gasteiger partial charge in [-0.3, -0.25) is 0 Å². The van der Waals surface area contributed by atoms with Crippen LogP contribution < -0.4 is 0 Å². The van der Waals surface area contributed by atoms with Crippen LogP contribution in [0.3, 0.4) is 0 Å². The number of halogens is 4. The molecule has 0 unspecified atom stereocenters. The molecule has 6 heteroatoms. The van der Waals surface area contributed by atoms with E-state index >= 15 is 0 Å². The smallest absolute Gasteiger partial charge is 0.0670 e. The molecule has 0 aliphatic rings. The zero-order valence-electron chi connectivity index (χ0n) is 31.5. The topological polar surface area (TPSA) is 0 Å². The largest absolute Gasteiger partial charge is 0.140 e. The Kier molecular flexibility index (Phi) is 15.6. The average molecular weight is 833 g/mol. The molecular formula is C48H50Cl4S2. The molecule has 0 N–H and O–H groups in total. The molecule has 282 valence electrons. The van der Waals surface area contributed by atoms with Crippen molar-refractivity contribution in [3.63, 3.8) is 0 Å². The Balaban J connectivity index is 1.42. The van der Waals surface area contributed by atoms with Crippen molar-refractivity contribution in [1.82, 2.24) is 0 Å². The highest BCUT2D eigenvalue weighted by molar-refractivity contribution is 7.15. The van der Waals surface area contributed by atoms with Gasteiger partial charge < -0.3 is 0 Å². The van der Waals surface area contributed by atoms with E-state index in [9.17, 15) is 0 Å². The van der Waals surface area contributed by atoms with E-state index in [0.717, 1.165) is 46.2 Å². The molecule has 0 aliphatic heterocycles. The number of benzene rings is 4. The van der Waals surface area contributed by atoms with Crippen LogP contribution in [0, 0.1) is 0 Å². The second kappa shape index (κ2) is 20.6. The zero-order valence-corrected chi connectivity index (χ0v) is 36.1. The summed E-state index contributed by atoms with van der Waals surface area (Å²) in [5.41, 5.74) is 8.31. The highest BCUT2D eigenvalue weighted by Crippen LogP contribution is 2.47. The van der Waals surface area contributed by atoms with E-state index in [-0.39, 0.29) is 0 Å². The van der Waals surface area contributed by atoms with Crippen LogP contribution in [-0.2, 0) is 12.8 Å². The Morgan fingerprint density at radius 2 is 0.796 bits per heavy atom. The van der Waals surface area contributed by atoms with Gasteiger partial charge in [-0.2, -0.15) is 0 Å². The van der Waals surface area contributed by atoms with Crippen molar-refractivity contribution >= 4 is 69.1 Å². The molecule has 0 amide bonds. The zero-order chi connectivity index (χ0) is 37.9. The molecule has 0 bridgehead atoms. The number of unbranched alkanes of at least 4 members (excludes halogenated alkanes) is 10. The van der Waals surface area contributed by atoms with Crippen molar-refractivity contribution in [3.8, 4) is 54.3 Å². The predicted molar refractivity (Wildman–Crippen MR) is 244 cm³/mol. The molecule has 54 heavy (non-hydrogen) atoms. The van der Waals surface area contributed by atoms with Crippen LogP contribution in [0.4, 0.5) is 0 Å². The molecule has 0 nitrogen and oxygen atoms in total. The van der Waals surface area contributed by atoms with Crippen LogP contribution in [0.1, 0.15) is 101 Å². The minimum atomic E-state index is 0.533. The van der Waals surface area contributed by atoms with Gasteiger partial charge in [0.05, 0.1) is 20.1 Å². The molecule has 2 aromatic heterocycles. The lowest BCUT2D eigenvalue weighted by Gasteiger charge is -2.19. The van der Waals surface area contributed by atoms with Crippen LogP contribution in [0.15, 0.2) is 97.1 Å². The van der Waals surface area contributed by atoms with Crippen molar-refractivity contribution in [2.24, 2.45) is 0 Å². The van der Waals surface area contributed by atoms with Gasteiger partial charge in [-0.25, -0.2) is 0 Å². The van der Waals surface area contributed by atoms with Crippen LogP contribution >= 0.6 is 69.1 Å². The summed E-state index contributed by atoms with van der Waals surface area (Å²) in [6.45, 7) is 4.55. The molecule has 0 fully saturated rings. The quantitative estimate of drug-likeness (QED) is 0.0713. The van der Waals surface area contributed by atoms with Crippen LogP contribution in [0.25, 0.3) is 54.3 Å².